The molecule has 0 radical (unpaired) electrons. The minimum atomic E-state index is -0.0536. The Kier molecular flexibility index (Phi) is 7.46. The largest absolute Gasteiger partial charge is 0.497 e. The van der Waals surface area contributed by atoms with E-state index in [1.165, 1.54) is 19.3 Å². The fourth-order valence-corrected chi connectivity index (χ4v) is 1.67. The second kappa shape index (κ2) is 8.95. The molecule has 1 rings (SSSR count). The smallest absolute Gasteiger partial charge is 0.118 e. The molecule has 1 aromatic rings. The van der Waals surface area contributed by atoms with Gasteiger partial charge < -0.3 is 4.74 Å². The molecule has 3 heteroatoms. The lowest BCUT2D eigenvalue weighted by Crippen LogP contribution is -2.02. The summed E-state index contributed by atoms with van der Waals surface area (Å²) in [5, 5.41) is 0. The molecule has 1 aromatic carbocycles. The van der Waals surface area contributed by atoms with Gasteiger partial charge in [0.2, 0.25) is 0 Å². The third-order valence-corrected chi connectivity index (χ3v) is 2.88. The van der Waals surface area contributed by atoms with Crippen LogP contribution in [0.3, 0.4) is 0 Å². The van der Waals surface area contributed by atoms with Crippen molar-refractivity contribution in [2.45, 2.75) is 45.6 Å². The van der Waals surface area contributed by atoms with Gasteiger partial charge in [0.1, 0.15) is 11.9 Å². The first kappa shape index (κ1) is 15.0. The maximum absolute atomic E-state index is 5.34. The van der Waals surface area contributed by atoms with Gasteiger partial charge in [0.15, 0.2) is 0 Å². The van der Waals surface area contributed by atoms with Crippen LogP contribution in [0.4, 0.5) is 0 Å². The molecule has 0 aliphatic heterocycles. The molecule has 0 aromatic heterocycles. The zero-order valence-electron chi connectivity index (χ0n) is 11.6. The first-order chi connectivity index (χ1) is 8.77. The monoisotopic (exact) mass is 252 g/mol. The summed E-state index contributed by atoms with van der Waals surface area (Å²) in [6, 6.07) is 7.83. The van der Waals surface area contributed by atoms with Crippen LogP contribution in [0.2, 0.25) is 0 Å². The van der Waals surface area contributed by atoms with Crippen molar-refractivity contribution in [3.63, 3.8) is 0 Å². The molecule has 0 aliphatic rings. The first-order valence-electron chi connectivity index (χ1n) is 6.70. The normalized spacial score (nSPS) is 12.4. The molecule has 1 atom stereocenters. The van der Waals surface area contributed by atoms with Gasteiger partial charge in [-0.05, 0) is 31.0 Å². The average molecular weight is 252 g/mol. The average Bonchev–Trinajstić information content (AvgIpc) is 2.42. The molecule has 0 amide bonds. The van der Waals surface area contributed by atoms with Gasteiger partial charge in [-0.3, -0.25) is 0 Å². The van der Waals surface area contributed by atoms with Crippen molar-refractivity contribution in [2.24, 2.45) is 0 Å². The van der Waals surface area contributed by atoms with E-state index in [0.717, 1.165) is 17.7 Å². The zero-order valence-corrected chi connectivity index (χ0v) is 11.6. The highest BCUT2D eigenvalue weighted by atomic mass is 17.2. The number of hydrogen-bond donors (Lipinski definition) is 0. The SMILES string of the molecule is CCCCCCOOC(C)c1ccc(OC)cc1. The number of benzene rings is 1. The Bertz CT molecular complexity index is 308. The van der Waals surface area contributed by atoms with E-state index in [1.807, 2.05) is 31.2 Å². The van der Waals surface area contributed by atoms with Crippen LogP contribution in [0.5, 0.6) is 5.75 Å². The highest BCUT2D eigenvalue weighted by Gasteiger charge is 2.06. The van der Waals surface area contributed by atoms with Crippen LogP contribution in [-0.2, 0) is 9.78 Å². The van der Waals surface area contributed by atoms with Crippen molar-refractivity contribution in [3.8, 4) is 5.75 Å². The lowest BCUT2D eigenvalue weighted by Gasteiger charge is -2.12. The molecule has 0 N–H and O–H groups in total. The molecule has 0 heterocycles. The second-order valence-electron chi connectivity index (χ2n) is 4.39. The van der Waals surface area contributed by atoms with Crippen molar-refractivity contribution in [1.82, 2.24) is 0 Å². The summed E-state index contributed by atoms with van der Waals surface area (Å²) in [6.07, 6.45) is 4.71. The van der Waals surface area contributed by atoms with Crippen LogP contribution in [0.25, 0.3) is 0 Å². The predicted molar refractivity (Wildman–Crippen MR) is 72.6 cm³/mol. The molecule has 0 fully saturated rings. The summed E-state index contributed by atoms with van der Waals surface area (Å²) in [7, 11) is 1.66. The van der Waals surface area contributed by atoms with Crippen LogP contribution in [0.1, 0.15) is 51.2 Å². The van der Waals surface area contributed by atoms with Gasteiger partial charge in [-0.1, -0.05) is 38.3 Å². The fraction of sp³-hybridized carbons (Fsp3) is 0.600. The summed E-state index contributed by atoms with van der Waals surface area (Å²) in [6.45, 7) is 4.84. The Hall–Kier alpha value is -1.06. The molecule has 0 saturated heterocycles. The van der Waals surface area contributed by atoms with Crippen molar-refractivity contribution in [3.05, 3.63) is 29.8 Å². The van der Waals surface area contributed by atoms with E-state index in [4.69, 9.17) is 14.5 Å². The quantitative estimate of drug-likeness (QED) is 0.373. The Morgan fingerprint density at radius 3 is 2.39 bits per heavy atom. The van der Waals surface area contributed by atoms with Crippen LogP contribution >= 0.6 is 0 Å². The molecule has 0 saturated carbocycles. The van der Waals surface area contributed by atoms with E-state index >= 15 is 0 Å². The highest BCUT2D eigenvalue weighted by molar-refractivity contribution is 5.28. The summed E-state index contributed by atoms with van der Waals surface area (Å²) in [5.74, 6) is 0.853. The number of unbranched alkanes of at least 4 members (excludes halogenated alkanes) is 3. The Labute approximate surface area is 110 Å². The predicted octanol–water partition coefficient (Wildman–Crippen LogP) is 4.28. The number of methoxy groups -OCH3 is 1. The summed E-state index contributed by atoms with van der Waals surface area (Å²) < 4.78 is 5.11. The fourth-order valence-electron chi connectivity index (χ4n) is 1.67. The second-order valence-corrected chi connectivity index (χ2v) is 4.39. The number of hydrogen-bond acceptors (Lipinski definition) is 3. The Morgan fingerprint density at radius 1 is 1.06 bits per heavy atom. The van der Waals surface area contributed by atoms with E-state index < -0.39 is 0 Å². The van der Waals surface area contributed by atoms with Gasteiger partial charge in [0.05, 0.1) is 13.7 Å². The molecule has 0 aliphatic carbocycles. The van der Waals surface area contributed by atoms with Gasteiger partial charge in [0, 0.05) is 0 Å². The number of rotatable bonds is 9. The van der Waals surface area contributed by atoms with E-state index in [1.54, 1.807) is 7.11 Å². The summed E-state index contributed by atoms with van der Waals surface area (Å²) in [4.78, 5) is 10.6. The van der Waals surface area contributed by atoms with Crippen LogP contribution in [0.15, 0.2) is 24.3 Å². The van der Waals surface area contributed by atoms with E-state index in [-0.39, 0.29) is 6.10 Å². The molecular formula is C15H24O3. The van der Waals surface area contributed by atoms with Crippen LogP contribution in [0, 0.1) is 0 Å². The topological polar surface area (TPSA) is 27.7 Å². The Balaban J connectivity index is 2.21. The maximum atomic E-state index is 5.34. The van der Waals surface area contributed by atoms with E-state index in [9.17, 15) is 0 Å². The highest BCUT2D eigenvalue weighted by Crippen LogP contribution is 2.20. The van der Waals surface area contributed by atoms with Gasteiger partial charge in [-0.25, -0.2) is 9.78 Å². The minimum absolute atomic E-state index is 0.0536. The van der Waals surface area contributed by atoms with Gasteiger partial charge >= 0.3 is 0 Å². The van der Waals surface area contributed by atoms with Crippen molar-refractivity contribution < 1.29 is 14.5 Å². The van der Waals surface area contributed by atoms with Gasteiger partial charge in [-0.15, -0.1) is 0 Å². The van der Waals surface area contributed by atoms with Crippen LogP contribution < -0.4 is 4.74 Å². The minimum Gasteiger partial charge on any atom is -0.497 e. The molecule has 18 heavy (non-hydrogen) atoms. The number of ether oxygens (including phenoxy) is 1. The van der Waals surface area contributed by atoms with Gasteiger partial charge in [-0.2, -0.15) is 0 Å². The summed E-state index contributed by atoms with van der Waals surface area (Å²) >= 11 is 0. The lowest BCUT2D eigenvalue weighted by molar-refractivity contribution is -0.324. The third-order valence-electron chi connectivity index (χ3n) is 2.88. The van der Waals surface area contributed by atoms with Crippen LogP contribution in [-0.4, -0.2) is 13.7 Å². The van der Waals surface area contributed by atoms with E-state index in [2.05, 4.69) is 6.92 Å². The molecule has 102 valence electrons. The lowest BCUT2D eigenvalue weighted by atomic mass is 10.1. The molecule has 1 unspecified atom stereocenters. The molecule has 0 bridgehead atoms. The molecular weight excluding hydrogens is 228 g/mol. The first-order valence-corrected chi connectivity index (χ1v) is 6.70. The summed E-state index contributed by atoms with van der Waals surface area (Å²) in [5.41, 5.74) is 1.09. The van der Waals surface area contributed by atoms with Crippen molar-refractivity contribution in [1.29, 1.82) is 0 Å². The molecule has 3 nitrogen and oxygen atoms in total. The maximum Gasteiger partial charge on any atom is 0.118 e. The van der Waals surface area contributed by atoms with Gasteiger partial charge in [0.25, 0.3) is 0 Å². The zero-order chi connectivity index (χ0) is 13.2. The van der Waals surface area contributed by atoms with Crippen molar-refractivity contribution in [2.75, 3.05) is 13.7 Å². The van der Waals surface area contributed by atoms with E-state index in [0.29, 0.717) is 6.61 Å². The Morgan fingerprint density at radius 2 is 1.78 bits per heavy atom. The standard InChI is InChI=1S/C15H24O3/c1-4-5-6-7-12-17-18-13(2)14-8-10-15(16-3)11-9-14/h8-11,13H,4-7,12H2,1-3H3. The van der Waals surface area contributed by atoms with Crippen molar-refractivity contribution >= 4 is 0 Å². The third kappa shape index (κ3) is 5.52. The molecule has 0 spiro atoms.